The second kappa shape index (κ2) is 4.54. The van der Waals surface area contributed by atoms with Crippen LogP contribution in [-0.4, -0.2) is 36.1 Å². The van der Waals surface area contributed by atoms with Crippen molar-refractivity contribution in [2.24, 2.45) is 11.8 Å². The monoisotopic (exact) mass is 273 g/mol. The molecule has 0 aliphatic carbocycles. The minimum absolute atomic E-state index is 0.461. The Hall–Kier alpha value is -0.970. The van der Waals surface area contributed by atoms with Crippen molar-refractivity contribution in [1.29, 1.82) is 0 Å². The van der Waals surface area contributed by atoms with Gasteiger partial charge in [0.25, 0.3) is 0 Å². The Bertz CT molecular complexity index is 549. The van der Waals surface area contributed by atoms with Gasteiger partial charge in [-0.1, -0.05) is 12.1 Å². The maximum atomic E-state index is 4.81. The fraction of sp³-hybridized carbons (Fsp3) is 0.533. The Balaban J connectivity index is 1.58. The lowest BCUT2D eigenvalue weighted by molar-refractivity contribution is 0.243. The molecule has 2 aliphatic heterocycles. The molecule has 19 heavy (non-hydrogen) atoms. The molecule has 100 valence electrons. The number of hydrogen-bond donors (Lipinski definition) is 1. The smallest absolute Gasteiger partial charge is 0.111 e. The SMILES string of the molecule is CC(c1nc2ccccc2s1)N1C[C@H]2CNC[C@H]2C1. The Kier molecular flexibility index (Phi) is 2.83. The van der Waals surface area contributed by atoms with Gasteiger partial charge in [-0.25, -0.2) is 4.98 Å². The van der Waals surface area contributed by atoms with Gasteiger partial charge in [0.2, 0.25) is 0 Å². The first-order valence-electron chi connectivity index (χ1n) is 7.11. The molecule has 2 fully saturated rings. The van der Waals surface area contributed by atoms with E-state index in [1.807, 2.05) is 11.3 Å². The minimum atomic E-state index is 0.461. The van der Waals surface area contributed by atoms with E-state index in [1.54, 1.807) is 0 Å². The highest BCUT2D eigenvalue weighted by Crippen LogP contribution is 2.35. The normalized spacial score (nSPS) is 28.9. The van der Waals surface area contributed by atoms with Crippen LogP contribution >= 0.6 is 11.3 Å². The van der Waals surface area contributed by atoms with Gasteiger partial charge in [0.1, 0.15) is 5.01 Å². The average molecular weight is 273 g/mol. The number of thiazole rings is 1. The Morgan fingerprint density at radius 2 is 2.00 bits per heavy atom. The number of nitrogens with one attached hydrogen (secondary N) is 1. The molecule has 2 aromatic rings. The lowest BCUT2D eigenvalue weighted by Crippen LogP contribution is -2.28. The summed E-state index contributed by atoms with van der Waals surface area (Å²) in [5, 5.41) is 4.78. The molecule has 0 amide bonds. The Morgan fingerprint density at radius 3 is 2.74 bits per heavy atom. The van der Waals surface area contributed by atoms with E-state index in [-0.39, 0.29) is 0 Å². The van der Waals surface area contributed by atoms with E-state index in [4.69, 9.17) is 4.98 Å². The molecule has 1 N–H and O–H groups in total. The van der Waals surface area contributed by atoms with E-state index in [2.05, 4.69) is 41.4 Å². The molecule has 2 saturated heterocycles. The van der Waals surface area contributed by atoms with Crippen LogP contribution in [0.3, 0.4) is 0 Å². The van der Waals surface area contributed by atoms with Gasteiger partial charge in [-0.3, -0.25) is 4.90 Å². The third-order valence-corrected chi connectivity index (χ3v) is 5.84. The standard InChI is InChI=1S/C15H19N3S/c1-10(18-8-11-6-16-7-12(11)9-18)15-17-13-4-2-3-5-14(13)19-15/h2-5,10-12,16H,6-9H2,1H3/t10?,11-,12+. The van der Waals surface area contributed by atoms with Crippen LogP contribution in [0.2, 0.25) is 0 Å². The van der Waals surface area contributed by atoms with Gasteiger partial charge in [0.15, 0.2) is 0 Å². The fourth-order valence-electron chi connectivity index (χ4n) is 3.43. The summed E-state index contributed by atoms with van der Waals surface area (Å²) >= 11 is 1.85. The van der Waals surface area contributed by atoms with Crippen LogP contribution < -0.4 is 5.32 Å². The van der Waals surface area contributed by atoms with Crippen LogP contribution in [0.5, 0.6) is 0 Å². The zero-order chi connectivity index (χ0) is 12.8. The van der Waals surface area contributed by atoms with Crippen molar-refractivity contribution < 1.29 is 0 Å². The molecule has 1 unspecified atom stereocenters. The lowest BCUT2D eigenvalue weighted by atomic mass is 10.0. The van der Waals surface area contributed by atoms with Crippen molar-refractivity contribution in [3.8, 4) is 0 Å². The predicted molar refractivity (Wildman–Crippen MR) is 79.5 cm³/mol. The summed E-state index contributed by atoms with van der Waals surface area (Å²) in [6.45, 7) is 7.18. The molecule has 0 bridgehead atoms. The van der Waals surface area contributed by atoms with Gasteiger partial charge in [-0.2, -0.15) is 0 Å². The van der Waals surface area contributed by atoms with Gasteiger partial charge in [0.05, 0.1) is 16.3 Å². The minimum Gasteiger partial charge on any atom is -0.316 e. The second-order valence-electron chi connectivity index (χ2n) is 5.83. The summed E-state index contributed by atoms with van der Waals surface area (Å²) in [6.07, 6.45) is 0. The zero-order valence-electron chi connectivity index (χ0n) is 11.2. The molecule has 2 aliphatic rings. The molecule has 0 radical (unpaired) electrons. The average Bonchev–Trinajstić information content (AvgIpc) is 3.10. The predicted octanol–water partition coefficient (Wildman–Crippen LogP) is 2.51. The summed E-state index contributed by atoms with van der Waals surface area (Å²) in [7, 11) is 0. The molecule has 3 atom stereocenters. The van der Waals surface area contributed by atoms with Gasteiger partial charge in [0, 0.05) is 13.1 Å². The maximum Gasteiger partial charge on any atom is 0.111 e. The molecular formula is C15H19N3S. The lowest BCUT2D eigenvalue weighted by Gasteiger charge is -2.23. The molecule has 0 spiro atoms. The summed E-state index contributed by atoms with van der Waals surface area (Å²) in [5.41, 5.74) is 1.15. The largest absolute Gasteiger partial charge is 0.316 e. The molecule has 0 saturated carbocycles. The van der Waals surface area contributed by atoms with Crippen LogP contribution in [0.25, 0.3) is 10.2 Å². The van der Waals surface area contributed by atoms with Crippen LogP contribution in [0.4, 0.5) is 0 Å². The van der Waals surface area contributed by atoms with Crippen LogP contribution in [0.1, 0.15) is 18.0 Å². The van der Waals surface area contributed by atoms with Gasteiger partial charge in [-0.05, 0) is 44.0 Å². The van der Waals surface area contributed by atoms with Crippen molar-refractivity contribution in [2.75, 3.05) is 26.2 Å². The second-order valence-corrected chi connectivity index (χ2v) is 6.89. The van der Waals surface area contributed by atoms with E-state index >= 15 is 0 Å². The van der Waals surface area contributed by atoms with Crippen molar-refractivity contribution in [3.63, 3.8) is 0 Å². The number of likely N-dealkylation sites (tertiary alicyclic amines) is 1. The van der Waals surface area contributed by atoms with Crippen LogP contribution in [-0.2, 0) is 0 Å². The number of hydrogen-bond acceptors (Lipinski definition) is 4. The number of para-hydroxylation sites is 1. The molecule has 3 nitrogen and oxygen atoms in total. The quantitative estimate of drug-likeness (QED) is 0.911. The van der Waals surface area contributed by atoms with Gasteiger partial charge >= 0.3 is 0 Å². The third kappa shape index (κ3) is 1.98. The summed E-state index contributed by atoms with van der Waals surface area (Å²) in [5.74, 6) is 1.72. The van der Waals surface area contributed by atoms with Gasteiger partial charge in [-0.15, -0.1) is 11.3 Å². The number of rotatable bonds is 2. The zero-order valence-corrected chi connectivity index (χ0v) is 12.0. The van der Waals surface area contributed by atoms with E-state index in [0.29, 0.717) is 6.04 Å². The third-order valence-electron chi connectivity index (χ3n) is 4.63. The Labute approximate surface area is 117 Å². The molecule has 1 aromatic heterocycles. The Morgan fingerprint density at radius 1 is 1.26 bits per heavy atom. The van der Waals surface area contributed by atoms with Crippen molar-refractivity contribution in [2.45, 2.75) is 13.0 Å². The van der Waals surface area contributed by atoms with Crippen molar-refractivity contribution in [3.05, 3.63) is 29.3 Å². The van der Waals surface area contributed by atoms with E-state index in [9.17, 15) is 0 Å². The first-order valence-corrected chi connectivity index (χ1v) is 7.93. The maximum absolute atomic E-state index is 4.81. The topological polar surface area (TPSA) is 28.2 Å². The highest BCUT2D eigenvalue weighted by atomic mass is 32.1. The summed E-state index contributed by atoms with van der Waals surface area (Å²) in [6, 6.07) is 8.92. The molecular weight excluding hydrogens is 254 g/mol. The number of fused-ring (bicyclic) bond motifs is 2. The molecule has 4 heteroatoms. The summed E-state index contributed by atoms with van der Waals surface area (Å²) < 4.78 is 1.31. The van der Waals surface area contributed by atoms with E-state index in [1.165, 1.54) is 35.9 Å². The van der Waals surface area contributed by atoms with E-state index < -0.39 is 0 Å². The highest BCUT2D eigenvalue weighted by Gasteiger charge is 2.38. The first kappa shape index (κ1) is 11.8. The number of nitrogens with zero attached hydrogens (tertiary/aromatic N) is 2. The molecule has 4 rings (SSSR count). The first-order chi connectivity index (χ1) is 9.31. The van der Waals surface area contributed by atoms with Crippen LogP contribution in [0, 0.1) is 11.8 Å². The highest BCUT2D eigenvalue weighted by molar-refractivity contribution is 7.18. The fourth-order valence-corrected chi connectivity index (χ4v) is 4.49. The number of benzene rings is 1. The molecule has 1 aromatic carbocycles. The van der Waals surface area contributed by atoms with E-state index in [0.717, 1.165) is 17.4 Å². The van der Waals surface area contributed by atoms with Crippen molar-refractivity contribution in [1.82, 2.24) is 15.2 Å². The van der Waals surface area contributed by atoms with Crippen molar-refractivity contribution >= 4 is 21.6 Å². The summed E-state index contributed by atoms with van der Waals surface area (Å²) in [4.78, 5) is 7.43. The number of aromatic nitrogens is 1. The van der Waals surface area contributed by atoms with Gasteiger partial charge < -0.3 is 5.32 Å². The van der Waals surface area contributed by atoms with Crippen LogP contribution in [0.15, 0.2) is 24.3 Å². The molecule has 3 heterocycles.